The number of piperidine rings is 1. The Morgan fingerprint density at radius 1 is 1.35 bits per heavy atom. The third-order valence-electron chi connectivity index (χ3n) is 2.83. The average molecular weight is 275 g/mol. The van der Waals surface area contributed by atoms with Crippen molar-refractivity contribution in [3.8, 4) is 0 Å². The summed E-state index contributed by atoms with van der Waals surface area (Å²) in [5.74, 6) is 0. The van der Waals surface area contributed by atoms with Gasteiger partial charge in [-0.3, -0.25) is 4.98 Å². The van der Waals surface area contributed by atoms with Crippen molar-refractivity contribution in [2.75, 3.05) is 19.3 Å². The lowest BCUT2D eigenvalue weighted by Gasteiger charge is -2.23. The van der Waals surface area contributed by atoms with Crippen LogP contribution in [0.25, 0.3) is 0 Å². The minimum absolute atomic E-state index is 0. The maximum atomic E-state index is 4.37. The van der Waals surface area contributed by atoms with Gasteiger partial charge >= 0.3 is 0 Å². The van der Waals surface area contributed by atoms with Gasteiger partial charge in [-0.2, -0.15) is 0 Å². The molecule has 0 aliphatic carbocycles. The second-order valence-corrected chi connectivity index (χ2v) is 4.71. The predicted octanol–water partition coefficient (Wildman–Crippen LogP) is 1.46. The minimum Gasteiger partial charge on any atom is -0.317 e. The summed E-state index contributed by atoms with van der Waals surface area (Å²) < 4.78 is 0. The molecule has 2 rings (SSSR count). The summed E-state index contributed by atoms with van der Waals surface area (Å²) in [5, 5.41) is 7.95. The first-order chi connectivity index (χ1) is 7.90. The molecule has 0 aromatic carbocycles. The summed E-state index contributed by atoms with van der Waals surface area (Å²) in [7, 11) is 0. The van der Waals surface area contributed by atoms with Gasteiger partial charge in [0.2, 0.25) is 0 Å². The van der Waals surface area contributed by atoms with E-state index in [0.29, 0.717) is 6.04 Å². The van der Waals surface area contributed by atoms with Crippen LogP contribution in [0.2, 0.25) is 0 Å². The van der Waals surface area contributed by atoms with Gasteiger partial charge in [-0.25, -0.2) is 4.98 Å². The minimum atomic E-state index is 0. The molecule has 1 saturated heterocycles. The van der Waals surface area contributed by atoms with E-state index in [1.54, 1.807) is 24.2 Å². The van der Waals surface area contributed by atoms with E-state index in [0.717, 1.165) is 30.4 Å². The van der Waals surface area contributed by atoms with E-state index in [1.807, 2.05) is 6.26 Å². The van der Waals surface area contributed by atoms with Crippen LogP contribution in [0.5, 0.6) is 0 Å². The van der Waals surface area contributed by atoms with Crippen LogP contribution < -0.4 is 10.6 Å². The number of thioether (sulfide) groups is 1. The number of rotatable bonds is 4. The van der Waals surface area contributed by atoms with Crippen LogP contribution in [0.15, 0.2) is 17.4 Å². The Hall–Kier alpha value is -0.360. The lowest BCUT2D eigenvalue weighted by Crippen LogP contribution is -2.39. The van der Waals surface area contributed by atoms with E-state index in [1.165, 1.54) is 12.8 Å². The maximum Gasteiger partial charge on any atom is 0.119 e. The van der Waals surface area contributed by atoms with Crippen LogP contribution in [0.3, 0.4) is 0 Å². The van der Waals surface area contributed by atoms with Crippen LogP contribution in [0.4, 0.5) is 0 Å². The third-order valence-corrected chi connectivity index (χ3v) is 3.55. The van der Waals surface area contributed by atoms with Crippen LogP contribution in [-0.2, 0) is 6.54 Å². The lowest BCUT2D eigenvalue weighted by atomic mass is 10.1. The van der Waals surface area contributed by atoms with E-state index < -0.39 is 0 Å². The SMILES string of the molecule is CSc1nccnc1CNC1CCNCC1.Cl. The predicted molar refractivity (Wildman–Crippen MR) is 73.8 cm³/mol. The molecule has 0 radical (unpaired) electrons. The maximum absolute atomic E-state index is 4.37. The molecule has 6 heteroatoms. The molecule has 2 heterocycles. The summed E-state index contributed by atoms with van der Waals surface area (Å²) in [4.78, 5) is 8.68. The Bertz CT molecular complexity index is 331. The number of halogens is 1. The number of nitrogens with one attached hydrogen (secondary N) is 2. The molecule has 0 amide bonds. The van der Waals surface area contributed by atoms with Gasteiger partial charge in [-0.1, -0.05) is 0 Å². The molecule has 1 fully saturated rings. The molecule has 1 aromatic rings. The summed E-state index contributed by atoms with van der Waals surface area (Å²) in [6.07, 6.45) is 7.96. The second kappa shape index (κ2) is 7.87. The average Bonchev–Trinajstić information content (AvgIpc) is 2.38. The zero-order chi connectivity index (χ0) is 11.2. The highest BCUT2D eigenvalue weighted by Crippen LogP contribution is 2.14. The van der Waals surface area contributed by atoms with Crippen molar-refractivity contribution in [3.05, 3.63) is 18.1 Å². The fourth-order valence-corrected chi connectivity index (χ4v) is 2.44. The normalized spacial score (nSPS) is 16.5. The number of nitrogens with zero attached hydrogens (tertiary/aromatic N) is 2. The molecule has 1 aromatic heterocycles. The van der Waals surface area contributed by atoms with Gasteiger partial charge < -0.3 is 10.6 Å². The Labute approximate surface area is 113 Å². The molecule has 0 atom stereocenters. The Morgan fingerprint density at radius 2 is 2.06 bits per heavy atom. The summed E-state index contributed by atoms with van der Waals surface area (Å²) in [6.45, 7) is 3.07. The van der Waals surface area contributed by atoms with Gasteiger partial charge in [0, 0.05) is 25.0 Å². The Balaban J connectivity index is 0.00000144. The summed E-state index contributed by atoms with van der Waals surface area (Å²) in [6, 6.07) is 0.623. The quantitative estimate of drug-likeness (QED) is 0.815. The first kappa shape index (κ1) is 14.7. The van der Waals surface area contributed by atoms with E-state index in [2.05, 4.69) is 20.6 Å². The number of aromatic nitrogens is 2. The molecule has 0 spiro atoms. The van der Waals surface area contributed by atoms with Gasteiger partial charge in [0.1, 0.15) is 5.03 Å². The highest BCUT2D eigenvalue weighted by molar-refractivity contribution is 7.98. The molecule has 2 N–H and O–H groups in total. The van der Waals surface area contributed by atoms with Gasteiger partial charge in [-0.15, -0.1) is 24.2 Å². The van der Waals surface area contributed by atoms with Crippen LogP contribution >= 0.6 is 24.2 Å². The molecule has 0 bridgehead atoms. The zero-order valence-electron chi connectivity index (χ0n) is 9.98. The van der Waals surface area contributed by atoms with Crippen molar-refractivity contribution >= 4 is 24.2 Å². The number of hydrogen-bond donors (Lipinski definition) is 2. The van der Waals surface area contributed by atoms with Crippen molar-refractivity contribution in [2.45, 2.75) is 30.5 Å². The van der Waals surface area contributed by atoms with E-state index >= 15 is 0 Å². The molecule has 1 aliphatic rings. The van der Waals surface area contributed by atoms with Crippen LogP contribution in [-0.4, -0.2) is 35.4 Å². The third kappa shape index (κ3) is 4.43. The number of hydrogen-bond acceptors (Lipinski definition) is 5. The van der Waals surface area contributed by atoms with E-state index in [-0.39, 0.29) is 12.4 Å². The van der Waals surface area contributed by atoms with E-state index in [9.17, 15) is 0 Å². The second-order valence-electron chi connectivity index (χ2n) is 3.92. The van der Waals surface area contributed by atoms with Crippen molar-refractivity contribution in [1.29, 1.82) is 0 Å². The van der Waals surface area contributed by atoms with E-state index in [4.69, 9.17) is 0 Å². The van der Waals surface area contributed by atoms with Gasteiger partial charge in [-0.05, 0) is 32.2 Å². The largest absolute Gasteiger partial charge is 0.317 e. The standard InChI is InChI=1S/C11H18N4S.ClH/c1-16-11-10(13-6-7-14-11)8-15-9-2-4-12-5-3-9;/h6-7,9,12,15H,2-5,8H2,1H3;1H. The van der Waals surface area contributed by atoms with Crippen LogP contribution in [0, 0.1) is 0 Å². The highest BCUT2D eigenvalue weighted by Gasteiger charge is 2.13. The Morgan fingerprint density at radius 3 is 2.76 bits per heavy atom. The van der Waals surface area contributed by atoms with Crippen molar-refractivity contribution < 1.29 is 0 Å². The molecule has 0 saturated carbocycles. The highest BCUT2D eigenvalue weighted by atomic mass is 35.5. The Kier molecular flexibility index (Phi) is 6.80. The molecule has 4 nitrogen and oxygen atoms in total. The van der Waals surface area contributed by atoms with Gasteiger partial charge in [0.05, 0.1) is 5.69 Å². The summed E-state index contributed by atoms with van der Waals surface area (Å²) in [5.41, 5.74) is 1.06. The van der Waals surface area contributed by atoms with Crippen molar-refractivity contribution in [1.82, 2.24) is 20.6 Å². The van der Waals surface area contributed by atoms with Crippen LogP contribution in [0.1, 0.15) is 18.5 Å². The topological polar surface area (TPSA) is 49.8 Å². The van der Waals surface area contributed by atoms with Crippen molar-refractivity contribution in [3.63, 3.8) is 0 Å². The monoisotopic (exact) mass is 274 g/mol. The molecule has 0 unspecified atom stereocenters. The fraction of sp³-hybridized carbons (Fsp3) is 0.636. The first-order valence-corrected chi connectivity index (χ1v) is 6.90. The van der Waals surface area contributed by atoms with Gasteiger partial charge in [0.25, 0.3) is 0 Å². The molecule has 17 heavy (non-hydrogen) atoms. The molecule has 1 aliphatic heterocycles. The smallest absolute Gasteiger partial charge is 0.119 e. The lowest BCUT2D eigenvalue weighted by molar-refractivity contribution is 0.383. The molecule has 96 valence electrons. The molecular formula is C11H19ClN4S. The first-order valence-electron chi connectivity index (χ1n) is 5.68. The van der Waals surface area contributed by atoms with Crippen molar-refractivity contribution in [2.24, 2.45) is 0 Å². The fourth-order valence-electron chi connectivity index (χ4n) is 1.91. The zero-order valence-corrected chi connectivity index (χ0v) is 11.6. The summed E-state index contributed by atoms with van der Waals surface area (Å²) >= 11 is 1.66. The molecular weight excluding hydrogens is 256 g/mol. The van der Waals surface area contributed by atoms with Gasteiger partial charge in [0.15, 0.2) is 0 Å².